The lowest BCUT2D eigenvalue weighted by molar-refractivity contribution is -0.133. The van der Waals surface area contributed by atoms with Crippen molar-refractivity contribution in [1.82, 2.24) is 15.1 Å². The number of likely N-dealkylation sites (tertiary alicyclic amines) is 1. The van der Waals surface area contributed by atoms with Gasteiger partial charge in [-0.2, -0.15) is 5.10 Å². The van der Waals surface area contributed by atoms with Crippen molar-refractivity contribution in [2.75, 3.05) is 32.9 Å². The predicted molar refractivity (Wildman–Crippen MR) is 81.6 cm³/mol. The van der Waals surface area contributed by atoms with Crippen molar-refractivity contribution in [1.29, 1.82) is 0 Å². The lowest BCUT2D eigenvalue weighted by atomic mass is 9.95. The standard InChI is InChI=1S/C16H25N3O3/c20-16(6-10-21-12-14-4-2-9-22-14)19-8-1-3-13(11-19)15-5-7-17-18-15/h5,7,13-14H,1-4,6,8-12H2,(H,17,18)/t13-,14-/m0/s1. The lowest BCUT2D eigenvalue weighted by Crippen LogP contribution is -2.39. The first-order chi connectivity index (χ1) is 10.8. The van der Waals surface area contributed by atoms with Crippen molar-refractivity contribution in [3.05, 3.63) is 18.0 Å². The average Bonchev–Trinajstić information content (AvgIpc) is 3.24. The average molecular weight is 307 g/mol. The quantitative estimate of drug-likeness (QED) is 0.812. The van der Waals surface area contributed by atoms with Gasteiger partial charge in [0.1, 0.15) is 0 Å². The van der Waals surface area contributed by atoms with Gasteiger partial charge in [-0.1, -0.05) is 0 Å². The summed E-state index contributed by atoms with van der Waals surface area (Å²) in [6.07, 6.45) is 6.82. The van der Waals surface area contributed by atoms with Crippen LogP contribution in [0.2, 0.25) is 0 Å². The summed E-state index contributed by atoms with van der Waals surface area (Å²) in [4.78, 5) is 14.3. The van der Waals surface area contributed by atoms with E-state index < -0.39 is 0 Å². The first-order valence-corrected chi connectivity index (χ1v) is 8.29. The number of aromatic nitrogens is 2. The Morgan fingerprint density at radius 1 is 1.45 bits per heavy atom. The number of nitrogens with one attached hydrogen (secondary N) is 1. The van der Waals surface area contributed by atoms with Crippen LogP contribution in [-0.2, 0) is 14.3 Å². The first kappa shape index (κ1) is 15.5. The van der Waals surface area contributed by atoms with Crippen LogP contribution in [0.3, 0.4) is 0 Å². The van der Waals surface area contributed by atoms with Gasteiger partial charge in [-0.3, -0.25) is 9.89 Å². The van der Waals surface area contributed by atoms with E-state index in [0.29, 0.717) is 25.6 Å². The molecule has 2 aliphatic heterocycles. The van der Waals surface area contributed by atoms with Crippen molar-refractivity contribution in [3.8, 4) is 0 Å². The summed E-state index contributed by atoms with van der Waals surface area (Å²) >= 11 is 0. The summed E-state index contributed by atoms with van der Waals surface area (Å²) in [5.74, 6) is 0.574. The van der Waals surface area contributed by atoms with E-state index >= 15 is 0 Å². The minimum Gasteiger partial charge on any atom is -0.378 e. The van der Waals surface area contributed by atoms with Crippen molar-refractivity contribution in [3.63, 3.8) is 0 Å². The Hall–Kier alpha value is -1.40. The minimum absolute atomic E-state index is 0.191. The van der Waals surface area contributed by atoms with E-state index in [1.807, 2.05) is 11.0 Å². The maximum absolute atomic E-state index is 12.3. The second kappa shape index (κ2) is 7.74. The summed E-state index contributed by atoms with van der Waals surface area (Å²) in [6.45, 7) is 3.59. The number of hydrogen-bond donors (Lipinski definition) is 1. The molecule has 1 aromatic rings. The van der Waals surface area contributed by atoms with Gasteiger partial charge in [0.25, 0.3) is 0 Å². The van der Waals surface area contributed by atoms with Gasteiger partial charge in [0.15, 0.2) is 0 Å². The van der Waals surface area contributed by atoms with Gasteiger partial charge in [-0.15, -0.1) is 0 Å². The molecule has 3 heterocycles. The van der Waals surface area contributed by atoms with Crippen LogP contribution in [0.15, 0.2) is 12.3 Å². The van der Waals surface area contributed by atoms with Crippen molar-refractivity contribution < 1.29 is 14.3 Å². The molecule has 2 atom stereocenters. The number of carbonyl (C=O) groups excluding carboxylic acids is 1. The van der Waals surface area contributed by atoms with Gasteiger partial charge in [-0.25, -0.2) is 0 Å². The lowest BCUT2D eigenvalue weighted by Gasteiger charge is -2.32. The number of rotatable bonds is 6. The molecule has 0 spiro atoms. The SMILES string of the molecule is O=C(CCOC[C@@H]1CCCO1)N1CCC[C@H](c2ccn[nH]2)C1. The minimum atomic E-state index is 0.191. The number of piperidine rings is 1. The molecule has 22 heavy (non-hydrogen) atoms. The van der Waals surface area contributed by atoms with E-state index in [0.717, 1.165) is 51.1 Å². The van der Waals surface area contributed by atoms with Crippen molar-refractivity contribution in [2.45, 2.75) is 44.1 Å². The number of hydrogen-bond acceptors (Lipinski definition) is 4. The number of H-pyrrole nitrogens is 1. The molecule has 1 amide bonds. The first-order valence-electron chi connectivity index (χ1n) is 8.29. The van der Waals surface area contributed by atoms with E-state index in [2.05, 4.69) is 10.2 Å². The van der Waals surface area contributed by atoms with E-state index in [1.165, 1.54) is 0 Å². The predicted octanol–water partition coefficient (Wildman–Crippen LogP) is 1.70. The van der Waals surface area contributed by atoms with Crippen LogP contribution in [0.1, 0.15) is 43.7 Å². The number of amides is 1. The molecule has 0 bridgehead atoms. The Morgan fingerprint density at radius 2 is 2.41 bits per heavy atom. The Labute approximate surface area is 131 Å². The number of nitrogens with zero attached hydrogens (tertiary/aromatic N) is 2. The van der Waals surface area contributed by atoms with Gasteiger partial charge >= 0.3 is 0 Å². The number of ether oxygens (including phenoxy) is 2. The maximum atomic E-state index is 12.3. The molecule has 6 nitrogen and oxygen atoms in total. The Bertz CT molecular complexity index is 457. The Kier molecular flexibility index (Phi) is 5.45. The van der Waals surface area contributed by atoms with Gasteiger partial charge in [0.2, 0.25) is 5.91 Å². The molecule has 3 rings (SSSR count). The van der Waals surface area contributed by atoms with Crippen LogP contribution in [0.4, 0.5) is 0 Å². The number of carbonyl (C=O) groups is 1. The normalized spacial score (nSPS) is 25.5. The van der Waals surface area contributed by atoms with Crippen LogP contribution < -0.4 is 0 Å². The zero-order valence-corrected chi connectivity index (χ0v) is 13.0. The zero-order chi connectivity index (χ0) is 15.2. The molecular weight excluding hydrogens is 282 g/mol. The molecular formula is C16H25N3O3. The van der Waals surface area contributed by atoms with Gasteiger partial charge < -0.3 is 14.4 Å². The van der Waals surface area contributed by atoms with Crippen LogP contribution in [-0.4, -0.2) is 60.0 Å². The molecule has 0 unspecified atom stereocenters. The Morgan fingerprint density at radius 3 is 3.18 bits per heavy atom. The van der Waals surface area contributed by atoms with Gasteiger partial charge in [-0.05, 0) is 31.7 Å². The van der Waals surface area contributed by atoms with Gasteiger partial charge in [0, 0.05) is 37.5 Å². The second-order valence-electron chi connectivity index (χ2n) is 6.15. The van der Waals surface area contributed by atoms with E-state index in [1.54, 1.807) is 6.20 Å². The monoisotopic (exact) mass is 307 g/mol. The summed E-state index contributed by atoms with van der Waals surface area (Å²) in [6, 6.07) is 2.00. The van der Waals surface area contributed by atoms with E-state index in [4.69, 9.17) is 9.47 Å². The molecule has 0 aliphatic carbocycles. The summed E-state index contributed by atoms with van der Waals surface area (Å²) in [5, 5.41) is 7.03. The molecule has 0 radical (unpaired) electrons. The molecule has 0 saturated carbocycles. The van der Waals surface area contributed by atoms with E-state index in [9.17, 15) is 4.79 Å². The van der Waals surface area contributed by atoms with Crippen LogP contribution in [0.25, 0.3) is 0 Å². The zero-order valence-electron chi connectivity index (χ0n) is 13.0. The molecule has 2 aliphatic rings. The summed E-state index contributed by atoms with van der Waals surface area (Å²) < 4.78 is 11.1. The number of aromatic amines is 1. The summed E-state index contributed by atoms with van der Waals surface area (Å²) in [7, 11) is 0. The highest BCUT2D eigenvalue weighted by Crippen LogP contribution is 2.25. The fourth-order valence-corrected chi connectivity index (χ4v) is 3.26. The fraction of sp³-hybridized carbons (Fsp3) is 0.750. The third kappa shape index (κ3) is 4.08. The highest BCUT2D eigenvalue weighted by Gasteiger charge is 2.25. The molecule has 0 aromatic carbocycles. The van der Waals surface area contributed by atoms with Gasteiger partial charge in [0.05, 0.1) is 25.7 Å². The van der Waals surface area contributed by atoms with Crippen molar-refractivity contribution in [2.24, 2.45) is 0 Å². The maximum Gasteiger partial charge on any atom is 0.224 e. The molecule has 1 aromatic heterocycles. The fourth-order valence-electron chi connectivity index (χ4n) is 3.26. The smallest absolute Gasteiger partial charge is 0.224 e. The summed E-state index contributed by atoms with van der Waals surface area (Å²) in [5.41, 5.74) is 1.13. The van der Waals surface area contributed by atoms with E-state index in [-0.39, 0.29) is 12.0 Å². The largest absolute Gasteiger partial charge is 0.378 e. The van der Waals surface area contributed by atoms with Crippen LogP contribution >= 0.6 is 0 Å². The topological polar surface area (TPSA) is 67.5 Å². The molecule has 122 valence electrons. The molecule has 1 N–H and O–H groups in total. The Balaban J connectivity index is 1.37. The molecule has 6 heteroatoms. The highest BCUT2D eigenvalue weighted by molar-refractivity contribution is 5.76. The van der Waals surface area contributed by atoms with Crippen molar-refractivity contribution >= 4 is 5.91 Å². The molecule has 2 fully saturated rings. The highest BCUT2D eigenvalue weighted by atomic mass is 16.5. The molecule has 2 saturated heterocycles. The van der Waals surface area contributed by atoms with Crippen LogP contribution in [0.5, 0.6) is 0 Å². The third-order valence-corrected chi connectivity index (χ3v) is 4.52. The third-order valence-electron chi connectivity index (χ3n) is 4.52. The second-order valence-corrected chi connectivity index (χ2v) is 6.15. The van der Waals surface area contributed by atoms with Crippen LogP contribution in [0, 0.1) is 0 Å².